The van der Waals surface area contributed by atoms with Crippen LogP contribution in [-0.4, -0.2) is 15.9 Å². The molecule has 0 bridgehead atoms. The number of rotatable bonds is 3. The first-order valence-electron chi connectivity index (χ1n) is 6.01. The quantitative estimate of drug-likeness (QED) is 0.429. The molecule has 1 radical (unpaired) electrons. The molecule has 0 aliphatic carbocycles. The van der Waals surface area contributed by atoms with Crippen LogP contribution >= 0.6 is 0 Å². The second-order valence-corrected chi connectivity index (χ2v) is 3.89. The number of allylic oxidation sites excluding steroid dienone is 2. The molecule has 0 saturated carbocycles. The molecule has 0 aliphatic rings. The van der Waals surface area contributed by atoms with Crippen molar-refractivity contribution in [1.82, 2.24) is 4.98 Å². The molecule has 1 N–H and O–H groups in total. The molecule has 1 heterocycles. The molecule has 21 heavy (non-hydrogen) atoms. The van der Waals surface area contributed by atoms with Crippen molar-refractivity contribution in [2.75, 3.05) is 0 Å². The monoisotopic (exact) mass is 463 g/mol. The van der Waals surface area contributed by atoms with E-state index in [9.17, 15) is 4.79 Å². The van der Waals surface area contributed by atoms with Crippen molar-refractivity contribution in [2.45, 2.75) is 13.8 Å². The van der Waals surface area contributed by atoms with E-state index in [2.05, 4.69) is 11.1 Å². The number of carbonyl (C=O) groups is 1. The van der Waals surface area contributed by atoms with E-state index in [1.54, 1.807) is 18.3 Å². The summed E-state index contributed by atoms with van der Waals surface area (Å²) in [5, 5.41) is 8.36. The average Bonchev–Trinajstić information content (AvgIpc) is 2.40. The Morgan fingerprint density at radius 3 is 2.38 bits per heavy atom. The first-order chi connectivity index (χ1) is 9.58. The molecular formula is C16H16IrNO3-. The number of ketones is 1. The second-order valence-electron chi connectivity index (χ2n) is 3.89. The number of ether oxygens (including phenoxy) is 1. The van der Waals surface area contributed by atoms with E-state index in [0.717, 1.165) is 0 Å². The summed E-state index contributed by atoms with van der Waals surface area (Å²) in [6.45, 7) is 2.85. The smallest absolute Gasteiger partial charge is 0.216 e. The first-order valence-corrected chi connectivity index (χ1v) is 6.01. The van der Waals surface area contributed by atoms with E-state index in [0.29, 0.717) is 11.6 Å². The fourth-order valence-electron chi connectivity index (χ4n) is 1.25. The van der Waals surface area contributed by atoms with Crippen LogP contribution in [-0.2, 0) is 24.9 Å². The van der Waals surface area contributed by atoms with Crippen LogP contribution in [0.3, 0.4) is 0 Å². The van der Waals surface area contributed by atoms with Gasteiger partial charge in [-0.1, -0.05) is 6.07 Å². The van der Waals surface area contributed by atoms with Crippen LogP contribution in [0, 0.1) is 6.07 Å². The molecular weight excluding hydrogens is 446 g/mol. The molecule has 0 saturated heterocycles. The summed E-state index contributed by atoms with van der Waals surface area (Å²) in [5.74, 6) is 1.21. The molecule has 0 atom stereocenters. The van der Waals surface area contributed by atoms with Crippen molar-refractivity contribution in [3.8, 4) is 11.6 Å². The molecule has 2 rings (SSSR count). The van der Waals surface area contributed by atoms with Gasteiger partial charge < -0.3 is 9.84 Å². The number of hydrogen-bond acceptors (Lipinski definition) is 4. The summed E-state index contributed by atoms with van der Waals surface area (Å²) >= 11 is 0. The van der Waals surface area contributed by atoms with Crippen LogP contribution in [0.4, 0.5) is 0 Å². The van der Waals surface area contributed by atoms with Crippen molar-refractivity contribution >= 4 is 5.78 Å². The third-order valence-corrected chi connectivity index (χ3v) is 1.94. The van der Waals surface area contributed by atoms with Crippen LogP contribution < -0.4 is 4.74 Å². The van der Waals surface area contributed by atoms with E-state index in [4.69, 9.17) is 9.84 Å². The number of aromatic nitrogens is 1. The van der Waals surface area contributed by atoms with Gasteiger partial charge in [-0.05, 0) is 19.9 Å². The number of aliphatic hydroxyl groups is 1. The second kappa shape index (κ2) is 10.8. The number of benzene rings is 1. The van der Waals surface area contributed by atoms with Gasteiger partial charge in [0.2, 0.25) is 5.88 Å². The maximum atomic E-state index is 10.0. The van der Waals surface area contributed by atoms with Gasteiger partial charge in [-0.2, -0.15) is 18.2 Å². The van der Waals surface area contributed by atoms with E-state index >= 15 is 0 Å². The van der Waals surface area contributed by atoms with Gasteiger partial charge in [0.05, 0.1) is 5.76 Å². The minimum absolute atomic E-state index is 0. The molecule has 4 nitrogen and oxygen atoms in total. The third-order valence-electron chi connectivity index (χ3n) is 1.94. The SMILES string of the molecule is CC(=O)/C=C(/C)O.[Ir].[c-]1ccccc1Oc1ccccn1. The van der Waals surface area contributed by atoms with Gasteiger partial charge in [-0.15, -0.1) is 12.1 Å². The molecule has 0 fully saturated rings. The van der Waals surface area contributed by atoms with Crippen molar-refractivity contribution in [2.24, 2.45) is 0 Å². The average molecular weight is 463 g/mol. The van der Waals surface area contributed by atoms with Crippen LogP contribution in [0.2, 0.25) is 0 Å². The van der Waals surface area contributed by atoms with Gasteiger partial charge in [-0.3, -0.25) is 4.79 Å². The first kappa shape index (κ1) is 19.0. The standard InChI is InChI=1S/C11H8NO.C5H8O2.Ir/c1-2-6-10(7-3-1)13-11-8-4-5-9-12-11;1-4(6)3-5(2)7;/h1-6,8-9H;3,6H,1-2H3;/q-1;;/b;4-3-;. The van der Waals surface area contributed by atoms with Crippen molar-refractivity contribution in [3.05, 3.63) is 66.6 Å². The molecule has 0 aliphatic heterocycles. The maximum absolute atomic E-state index is 10.0. The summed E-state index contributed by atoms with van der Waals surface area (Å²) in [4.78, 5) is 14.0. The zero-order chi connectivity index (χ0) is 14.8. The Bertz CT molecular complexity index is 515. The number of para-hydroxylation sites is 1. The minimum Gasteiger partial charge on any atom is -0.512 e. The topological polar surface area (TPSA) is 59.4 Å². The Hall–Kier alpha value is -1.97. The van der Waals surface area contributed by atoms with Gasteiger partial charge in [0, 0.05) is 44.2 Å². The molecule has 0 amide bonds. The van der Waals surface area contributed by atoms with Gasteiger partial charge in [0.1, 0.15) is 0 Å². The maximum Gasteiger partial charge on any atom is 0.216 e. The molecule has 0 spiro atoms. The molecule has 0 unspecified atom stereocenters. The number of hydrogen-bond donors (Lipinski definition) is 1. The number of pyridine rings is 1. The number of carbonyl (C=O) groups excluding carboxylic acids is 1. The van der Waals surface area contributed by atoms with Gasteiger partial charge >= 0.3 is 0 Å². The predicted molar refractivity (Wildman–Crippen MR) is 76.7 cm³/mol. The van der Waals surface area contributed by atoms with E-state index < -0.39 is 0 Å². The van der Waals surface area contributed by atoms with Crippen LogP contribution in [0.5, 0.6) is 11.6 Å². The summed E-state index contributed by atoms with van der Waals surface area (Å²) < 4.78 is 5.41. The van der Waals surface area contributed by atoms with Crippen molar-refractivity contribution < 1.29 is 34.7 Å². The Morgan fingerprint density at radius 1 is 1.24 bits per heavy atom. The fourth-order valence-corrected chi connectivity index (χ4v) is 1.25. The zero-order valence-electron chi connectivity index (χ0n) is 11.7. The van der Waals surface area contributed by atoms with Crippen LogP contribution in [0.15, 0.2) is 60.5 Å². The van der Waals surface area contributed by atoms with Crippen molar-refractivity contribution in [3.63, 3.8) is 0 Å². The summed E-state index contributed by atoms with van der Waals surface area (Å²) in [6, 6.07) is 15.9. The molecule has 2 aromatic rings. The van der Waals surface area contributed by atoms with Gasteiger partial charge in [0.25, 0.3) is 0 Å². The Kier molecular flexibility index (Phi) is 9.76. The normalized spacial score (nSPS) is 9.71. The fraction of sp³-hybridized carbons (Fsp3) is 0.125. The largest absolute Gasteiger partial charge is 0.512 e. The van der Waals surface area contributed by atoms with Crippen LogP contribution in [0.25, 0.3) is 0 Å². The van der Waals surface area contributed by atoms with Gasteiger partial charge in [-0.25, -0.2) is 4.98 Å². The van der Waals surface area contributed by atoms with Gasteiger partial charge in [0.15, 0.2) is 5.78 Å². The van der Waals surface area contributed by atoms with Crippen molar-refractivity contribution in [1.29, 1.82) is 0 Å². The molecule has 1 aromatic heterocycles. The molecule has 113 valence electrons. The summed E-state index contributed by atoms with van der Waals surface area (Å²) in [6.07, 6.45) is 2.86. The Morgan fingerprint density at radius 2 is 1.95 bits per heavy atom. The van der Waals surface area contributed by atoms with E-state index in [1.165, 1.54) is 19.9 Å². The number of nitrogens with zero attached hydrogens (tertiary/aromatic N) is 1. The molecule has 1 aromatic carbocycles. The Labute approximate surface area is 137 Å². The zero-order valence-corrected chi connectivity index (χ0v) is 14.1. The third kappa shape index (κ3) is 9.55. The minimum atomic E-state index is -0.125. The summed E-state index contributed by atoms with van der Waals surface area (Å²) in [7, 11) is 0. The molecule has 5 heteroatoms. The van der Waals surface area contributed by atoms with E-state index in [-0.39, 0.29) is 31.6 Å². The van der Waals surface area contributed by atoms with E-state index in [1.807, 2.05) is 30.3 Å². The number of aliphatic hydroxyl groups excluding tert-OH is 1. The van der Waals surface area contributed by atoms with Crippen LogP contribution in [0.1, 0.15) is 13.8 Å². The predicted octanol–water partition coefficient (Wildman–Crippen LogP) is 3.71. The Balaban J connectivity index is 0.000000436. The summed E-state index contributed by atoms with van der Waals surface area (Å²) in [5.41, 5.74) is 0.